The Labute approximate surface area is 179 Å². The molecule has 0 unspecified atom stereocenters. The molecular formula is C19H18ClN3O5S2. The second-order valence-electron chi connectivity index (χ2n) is 6.83. The summed E-state index contributed by atoms with van der Waals surface area (Å²) in [6.45, 7) is 0.276. The predicted octanol–water partition coefficient (Wildman–Crippen LogP) is 3.22. The summed E-state index contributed by atoms with van der Waals surface area (Å²) in [5, 5.41) is 3.89. The van der Waals surface area contributed by atoms with Crippen molar-refractivity contribution in [3.63, 3.8) is 0 Å². The molecule has 4 rings (SSSR count). The molecule has 8 nitrogen and oxygen atoms in total. The average Bonchev–Trinajstić information content (AvgIpc) is 3.38. The van der Waals surface area contributed by atoms with E-state index in [0.717, 1.165) is 0 Å². The maximum atomic E-state index is 13.1. The number of sulfonamides is 1. The van der Waals surface area contributed by atoms with Crippen LogP contribution in [0.4, 0.5) is 0 Å². The van der Waals surface area contributed by atoms with Crippen LogP contribution >= 0.6 is 11.6 Å². The molecule has 0 radical (unpaired) electrons. The van der Waals surface area contributed by atoms with Gasteiger partial charge in [0.05, 0.1) is 9.92 Å². The summed E-state index contributed by atoms with van der Waals surface area (Å²) in [6.07, 6.45) is 1.09. The Hall–Kier alpha value is -2.27. The lowest BCUT2D eigenvalue weighted by molar-refractivity contribution is 0.289. The molecule has 0 saturated carbocycles. The number of halogens is 1. The fourth-order valence-electron chi connectivity index (χ4n) is 3.40. The van der Waals surface area contributed by atoms with E-state index in [0.29, 0.717) is 12.8 Å². The number of hydrogen-bond donors (Lipinski definition) is 0. The monoisotopic (exact) mass is 467 g/mol. The van der Waals surface area contributed by atoms with Crippen LogP contribution in [0.1, 0.15) is 30.6 Å². The van der Waals surface area contributed by atoms with Gasteiger partial charge in [-0.25, -0.2) is 16.8 Å². The lowest BCUT2D eigenvalue weighted by Crippen LogP contribution is -2.31. The minimum absolute atomic E-state index is 0.00459. The Bertz CT molecular complexity index is 1260. The van der Waals surface area contributed by atoms with Gasteiger partial charge in [0.15, 0.2) is 15.7 Å². The molecule has 1 atom stereocenters. The lowest BCUT2D eigenvalue weighted by Gasteiger charge is -2.21. The molecule has 1 aromatic heterocycles. The summed E-state index contributed by atoms with van der Waals surface area (Å²) in [7, 11) is -7.53. The van der Waals surface area contributed by atoms with Crippen LogP contribution in [0.5, 0.6) is 0 Å². The van der Waals surface area contributed by atoms with Gasteiger partial charge in [0.1, 0.15) is 16.7 Å². The molecule has 2 aromatic carbocycles. The van der Waals surface area contributed by atoms with Crippen LogP contribution < -0.4 is 0 Å². The highest BCUT2D eigenvalue weighted by Gasteiger charge is 2.40. The third-order valence-corrected chi connectivity index (χ3v) is 8.85. The molecule has 0 amide bonds. The zero-order valence-electron chi connectivity index (χ0n) is 15.7. The van der Waals surface area contributed by atoms with E-state index in [1.807, 2.05) is 0 Å². The van der Waals surface area contributed by atoms with Crippen molar-refractivity contribution in [1.29, 1.82) is 0 Å². The van der Waals surface area contributed by atoms with Crippen LogP contribution in [-0.4, -0.2) is 37.8 Å². The molecule has 0 bridgehead atoms. The zero-order chi connectivity index (χ0) is 21.4. The molecule has 3 aromatic rings. The maximum absolute atomic E-state index is 13.1. The Morgan fingerprint density at radius 3 is 2.47 bits per heavy atom. The van der Waals surface area contributed by atoms with E-state index < -0.39 is 31.7 Å². The van der Waals surface area contributed by atoms with E-state index in [-0.39, 0.29) is 33.1 Å². The van der Waals surface area contributed by atoms with Crippen LogP contribution in [-0.2, 0) is 25.6 Å². The number of hydrogen-bond acceptors (Lipinski definition) is 7. The molecule has 11 heteroatoms. The van der Waals surface area contributed by atoms with E-state index in [1.54, 1.807) is 30.3 Å². The molecule has 1 fully saturated rings. The highest BCUT2D eigenvalue weighted by Crippen LogP contribution is 2.37. The van der Waals surface area contributed by atoms with Gasteiger partial charge < -0.3 is 4.52 Å². The molecule has 0 N–H and O–H groups in total. The third-order valence-electron chi connectivity index (χ3n) is 4.82. The van der Waals surface area contributed by atoms with Gasteiger partial charge in [-0.3, -0.25) is 0 Å². The Balaban J connectivity index is 1.59. The Morgan fingerprint density at radius 2 is 1.73 bits per heavy atom. The number of aromatic nitrogens is 2. The minimum atomic E-state index is -3.88. The van der Waals surface area contributed by atoms with Crippen molar-refractivity contribution in [2.24, 2.45) is 0 Å². The SMILES string of the molecule is O=S(=O)(Cc1noc([C@@H]2CCCN2S(=O)(=O)c2ccccc2Cl)n1)c1ccccc1. The first kappa shape index (κ1) is 21.0. The van der Waals surface area contributed by atoms with Gasteiger partial charge >= 0.3 is 0 Å². The fraction of sp³-hybridized carbons (Fsp3) is 0.263. The van der Waals surface area contributed by atoms with Crippen molar-refractivity contribution in [2.45, 2.75) is 34.4 Å². The number of sulfone groups is 1. The number of benzene rings is 2. The second kappa shape index (κ2) is 8.10. The van der Waals surface area contributed by atoms with Crippen molar-refractivity contribution in [1.82, 2.24) is 14.4 Å². The number of nitrogens with zero attached hydrogens (tertiary/aromatic N) is 3. The van der Waals surface area contributed by atoms with Crippen molar-refractivity contribution in [3.8, 4) is 0 Å². The summed E-state index contributed by atoms with van der Waals surface area (Å²) in [4.78, 5) is 4.34. The molecular weight excluding hydrogens is 450 g/mol. The molecule has 2 heterocycles. The van der Waals surface area contributed by atoms with Crippen LogP contribution in [0.2, 0.25) is 5.02 Å². The van der Waals surface area contributed by atoms with Gasteiger partial charge in [0, 0.05) is 6.54 Å². The Kier molecular flexibility index (Phi) is 5.67. The van der Waals surface area contributed by atoms with Crippen LogP contribution in [0.3, 0.4) is 0 Å². The van der Waals surface area contributed by atoms with Crippen molar-refractivity contribution in [2.75, 3.05) is 6.54 Å². The minimum Gasteiger partial charge on any atom is -0.338 e. The smallest absolute Gasteiger partial charge is 0.245 e. The van der Waals surface area contributed by atoms with Crippen LogP contribution in [0.25, 0.3) is 0 Å². The van der Waals surface area contributed by atoms with E-state index in [2.05, 4.69) is 10.1 Å². The van der Waals surface area contributed by atoms with Crippen LogP contribution in [0, 0.1) is 0 Å². The first-order chi connectivity index (χ1) is 14.3. The van der Waals surface area contributed by atoms with E-state index in [1.165, 1.54) is 28.6 Å². The van der Waals surface area contributed by atoms with Gasteiger partial charge in [0.2, 0.25) is 15.9 Å². The van der Waals surface area contributed by atoms with Crippen molar-refractivity contribution in [3.05, 3.63) is 71.3 Å². The summed E-state index contributed by atoms with van der Waals surface area (Å²) in [5.41, 5.74) is 0. The van der Waals surface area contributed by atoms with Gasteiger partial charge in [-0.2, -0.15) is 9.29 Å². The number of rotatable bonds is 6. The van der Waals surface area contributed by atoms with E-state index in [9.17, 15) is 16.8 Å². The van der Waals surface area contributed by atoms with Crippen molar-refractivity contribution >= 4 is 31.5 Å². The summed E-state index contributed by atoms with van der Waals surface area (Å²) < 4.78 is 57.8. The molecule has 1 aliphatic rings. The topological polar surface area (TPSA) is 110 Å². The van der Waals surface area contributed by atoms with Gasteiger partial charge in [-0.05, 0) is 37.1 Å². The van der Waals surface area contributed by atoms with Gasteiger partial charge in [-0.15, -0.1) is 0 Å². The third kappa shape index (κ3) is 4.00. The second-order valence-corrected chi connectivity index (χ2v) is 11.1. The lowest BCUT2D eigenvalue weighted by atomic mass is 10.2. The highest BCUT2D eigenvalue weighted by atomic mass is 35.5. The average molecular weight is 468 g/mol. The Morgan fingerprint density at radius 1 is 1.03 bits per heavy atom. The van der Waals surface area contributed by atoms with Gasteiger partial charge in [0.25, 0.3) is 0 Å². The molecule has 30 heavy (non-hydrogen) atoms. The highest BCUT2D eigenvalue weighted by molar-refractivity contribution is 7.90. The quantitative estimate of drug-likeness (QED) is 0.547. The molecule has 158 valence electrons. The molecule has 1 aliphatic heterocycles. The molecule has 0 aliphatic carbocycles. The summed E-state index contributed by atoms with van der Waals surface area (Å²) >= 11 is 6.09. The van der Waals surface area contributed by atoms with E-state index >= 15 is 0 Å². The largest absolute Gasteiger partial charge is 0.338 e. The molecule has 0 spiro atoms. The molecule has 1 saturated heterocycles. The maximum Gasteiger partial charge on any atom is 0.245 e. The summed E-state index contributed by atoms with van der Waals surface area (Å²) in [6, 6.07) is 13.5. The van der Waals surface area contributed by atoms with Crippen LogP contribution in [0.15, 0.2) is 68.9 Å². The predicted molar refractivity (Wildman–Crippen MR) is 109 cm³/mol. The normalized spacial score (nSPS) is 18.0. The first-order valence-electron chi connectivity index (χ1n) is 9.16. The summed E-state index contributed by atoms with van der Waals surface area (Å²) in [5.74, 6) is -0.387. The fourth-order valence-corrected chi connectivity index (χ4v) is 6.74. The standard InChI is InChI=1S/C19H18ClN3O5S2/c20-15-9-4-5-11-17(15)30(26,27)23-12-6-10-16(23)19-21-18(22-28-19)13-29(24,25)14-7-2-1-3-8-14/h1-5,7-9,11,16H,6,10,12-13H2/t16-/m0/s1. The van der Waals surface area contributed by atoms with Gasteiger partial charge in [-0.1, -0.05) is 47.1 Å². The van der Waals surface area contributed by atoms with E-state index in [4.69, 9.17) is 16.1 Å². The zero-order valence-corrected chi connectivity index (χ0v) is 18.1. The first-order valence-corrected chi connectivity index (χ1v) is 12.6. The van der Waals surface area contributed by atoms with Crippen molar-refractivity contribution < 1.29 is 21.4 Å².